The third kappa shape index (κ3) is 3.74. The van der Waals surface area contributed by atoms with E-state index in [0.29, 0.717) is 23.7 Å². The van der Waals surface area contributed by atoms with Crippen LogP contribution in [0.3, 0.4) is 0 Å². The molecule has 0 spiro atoms. The molecule has 0 bridgehead atoms. The number of aliphatic imine (C=N–C) groups is 1. The number of carbonyl (C=O) groups is 1. The number of esters is 1. The molecule has 0 fully saturated rings. The zero-order chi connectivity index (χ0) is 17.8. The lowest BCUT2D eigenvalue weighted by Gasteiger charge is -2.08. The normalized spacial score (nSPS) is 15.1. The fraction of sp³-hybridized carbons (Fsp3) is 0.158. The molecule has 25 heavy (non-hydrogen) atoms. The van der Waals surface area contributed by atoms with E-state index < -0.39 is 5.97 Å². The minimum Gasteiger partial charge on any atom is -0.496 e. The molecule has 128 valence electrons. The van der Waals surface area contributed by atoms with E-state index >= 15 is 0 Å². The zero-order valence-corrected chi connectivity index (χ0v) is 15.4. The van der Waals surface area contributed by atoms with Crippen LogP contribution in [0.15, 0.2) is 57.6 Å². The summed E-state index contributed by atoms with van der Waals surface area (Å²) in [5.41, 5.74) is 1.58. The van der Waals surface area contributed by atoms with Crippen molar-refractivity contribution in [2.24, 2.45) is 4.99 Å². The molecule has 3 rings (SSSR count). The van der Waals surface area contributed by atoms with E-state index in [1.54, 1.807) is 19.3 Å². The second kappa shape index (κ2) is 7.53. The Morgan fingerprint density at radius 3 is 2.76 bits per heavy atom. The first-order valence-corrected chi connectivity index (χ1v) is 8.50. The summed E-state index contributed by atoms with van der Waals surface area (Å²) in [6.07, 6.45) is 1.64. The molecule has 6 heteroatoms. The maximum absolute atomic E-state index is 12.2. The van der Waals surface area contributed by atoms with Gasteiger partial charge in [0, 0.05) is 10.0 Å². The molecule has 1 aliphatic heterocycles. The van der Waals surface area contributed by atoms with Crippen LogP contribution in [0.25, 0.3) is 6.08 Å². The molecule has 0 atom stereocenters. The Morgan fingerprint density at radius 1 is 1.20 bits per heavy atom. The van der Waals surface area contributed by atoms with Crippen LogP contribution in [-0.4, -0.2) is 25.6 Å². The maximum atomic E-state index is 12.2. The molecule has 0 saturated heterocycles. The summed E-state index contributed by atoms with van der Waals surface area (Å²) in [5.74, 6) is 0.984. The van der Waals surface area contributed by atoms with Crippen molar-refractivity contribution >= 4 is 33.9 Å². The standard InChI is InChI=1S/C19H16BrNO4/c1-3-24-17-7-5-4-6-14(17)18-21-15(19(22)25-18)11-12-10-13(20)8-9-16(12)23-2/h4-11H,3H2,1-2H3/b15-11-. The summed E-state index contributed by atoms with van der Waals surface area (Å²) in [6, 6.07) is 12.8. The van der Waals surface area contributed by atoms with E-state index in [4.69, 9.17) is 14.2 Å². The number of ether oxygens (including phenoxy) is 3. The molecule has 1 aliphatic rings. The highest BCUT2D eigenvalue weighted by Crippen LogP contribution is 2.29. The van der Waals surface area contributed by atoms with Crippen LogP contribution in [-0.2, 0) is 9.53 Å². The van der Waals surface area contributed by atoms with E-state index in [2.05, 4.69) is 20.9 Å². The first kappa shape index (κ1) is 17.2. The van der Waals surface area contributed by atoms with Gasteiger partial charge in [-0.25, -0.2) is 9.79 Å². The first-order chi connectivity index (χ1) is 12.1. The fourth-order valence-electron chi connectivity index (χ4n) is 2.41. The van der Waals surface area contributed by atoms with Crippen molar-refractivity contribution in [3.05, 3.63) is 63.8 Å². The summed E-state index contributed by atoms with van der Waals surface area (Å²) in [5, 5.41) is 0. The molecule has 0 aliphatic carbocycles. The van der Waals surface area contributed by atoms with Crippen LogP contribution >= 0.6 is 15.9 Å². The third-order valence-electron chi connectivity index (χ3n) is 3.52. The van der Waals surface area contributed by atoms with Gasteiger partial charge >= 0.3 is 5.97 Å². The summed E-state index contributed by atoms with van der Waals surface area (Å²) >= 11 is 3.41. The number of para-hydroxylation sites is 1. The van der Waals surface area contributed by atoms with Gasteiger partial charge in [-0.15, -0.1) is 0 Å². The maximum Gasteiger partial charge on any atom is 0.363 e. The molecule has 0 N–H and O–H groups in total. The van der Waals surface area contributed by atoms with Crippen molar-refractivity contribution in [1.29, 1.82) is 0 Å². The highest BCUT2D eigenvalue weighted by atomic mass is 79.9. The number of methoxy groups -OCH3 is 1. The number of halogens is 1. The van der Waals surface area contributed by atoms with Crippen LogP contribution in [0.1, 0.15) is 18.1 Å². The van der Waals surface area contributed by atoms with Gasteiger partial charge in [-0.3, -0.25) is 0 Å². The number of benzene rings is 2. The number of rotatable bonds is 5. The Morgan fingerprint density at radius 2 is 2.00 bits per heavy atom. The average molecular weight is 402 g/mol. The van der Waals surface area contributed by atoms with Crippen molar-refractivity contribution in [3.8, 4) is 11.5 Å². The average Bonchev–Trinajstić information content (AvgIpc) is 2.96. The highest BCUT2D eigenvalue weighted by molar-refractivity contribution is 9.10. The molecule has 0 amide bonds. The molecule has 0 radical (unpaired) electrons. The van der Waals surface area contributed by atoms with Gasteiger partial charge in [-0.05, 0) is 43.3 Å². The minimum atomic E-state index is -0.511. The van der Waals surface area contributed by atoms with Crippen molar-refractivity contribution < 1.29 is 19.0 Å². The topological polar surface area (TPSA) is 57.1 Å². The van der Waals surface area contributed by atoms with Gasteiger partial charge < -0.3 is 14.2 Å². The molecule has 0 aromatic heterocycles. The van der Waals surface area contributed by atoms with Crippen molar-refractivity contribution in [1.82, 2.24) is 0 Å². The monoisotopic (exact) mass is 401 g/mol. The van der Waals surface area contributed by atoms with Gasteiger partial charge in [0.05, 0.1) is 19.3 Å². The minimum absolute atomic E-state index is 0.206. The van der Waals surface area contributed by atoms with Crippen molar-refractivity contribution in [2.45, 2.75) is 6.92 Å². The molecular weight excluding hydrogens is 386 g/mol. The predicted molar refractivity (Wildman–Crippen MR) is 98.9 cm³/mol. The van der Waals surface area contributed by atoms with Crippen LogP contribution in [0.4, 0.5) is 0 Å². The van der Waals surface area contributed by atoms with Crippen molar-refractivity contribution in [3.63, 3.8) is 0 Å². The van der Waals surface area contributed by atoms with E-state index in [1.165, 1.54) is 0 Å². The van der Waals surface area contributed by atoms with E-state index in [-0.39, 0.29) is 11.6 Å². The quantitative estimate of drug-likeness (QED) is 0.556. The van der Waals surface area contributed by atoms with E-state index in [9.17, 15) is 4.79 Å². The number of nitrogens with zero attached hydrogens (tertiary/aromatic N) is 1. The summed E-state index contributed by atoms with van der Waals surface area (Å²) < 4.78 is 17.1. The predicted octanol–water partition coefficient (Wildman–Crippen LogP) is 4.20. The molecular formula is C19H16BrNO4. The SMILES string of the molecule is CCOc1ccccc1C1=N/C(=C\c2cc(Br)ccc2OC)C(=O)O1. The number of cyclic esters (lactones) is 1. The van der Waals surface area contributed by atoms with Crippen LogP contribution in [0, 0.1) is 0 Å². The Kier molecular flexibility index (Phi) is 5.19. The van der Waals surface area contributed by atoms with E-state index in [1.807, 2.05) is 43.3 Å². The van der Waals surface area contributed by atoms with Gasteiger partial charge in [-0.2, -0.15) is 0 Å². The van der Waals surface area contributed by atoms with Crippen LogP contribution in [0.2, 0.25) is 0 Å². The zero-order valence-electron chi connectivity index (χ0n) is 13.8. The molecule has 2 aromatic carbocycles. The Labute approximate surface area is 154 Å². The molecule has 1 heterocycles. The smallest absolute Gasteiger partial charge is 0.363 e. The first-order valence-electron chi connectivity index (χ1n) is 7.70. The van der Waals surface area contributed by atoms with Gasteiger partial charge in [0.1, 0.15) is 11.5 Å². The molecule has 5 nitrogen and oxygen atoms in total. The van der Waals surface area contributed by atoms with Gasteiger partial charge in [0.15, 0.2) is 5.70 Å². The van der Waals surface area contributed by atoms with Gasteiger partial charge in [0.25, 0.3) is 0 Å². The van der Waals surface area contributed by atoms with E-state index in [0.717, 1.165) is 10.0 Å². The number of carbonyl (C=O) groups excluding carboxylic acids is 1. The second-order valence-corrected chi connectivity index (χ2v) is 6.07. The lowest BCUT2D eigenvalue weighted by molar-refractivity contribution is -0.129. The van der Waals surface area contributed by atoms with Crippen molar-refractivity contribution in [2.75, 3.05) is 13.7 Å². The largest absolute Gasteiger partial charge is 0.496 e. The third-order valence-corrected chi connectivity index (χ3v) is 4.02. The number of hydrogen-bond acceptors (Lipinski definition) is 5. The Balaban J connectivity index is 2.00. The lowest BCUT2D eigenvalue weighted by atomic mass is 10.1. The van der Waals surface area contributed by atoms with Gasteiger partial charge in [0.2, 0.25) is 5.90 Å². The molecule has 0 unspecified atom stereocenters. The lowest BCUT2D eigenvalue weighted by Crippen LogP contribution is -2.07. The second-order valence-electron chi connectivity index (χ2n) is 5.15. The van der Waals surface area contributed by atoms with Gasteiger partial charge in [-0.1, -0.05) is 28.1 Å². The number of hydrogen-bond donors (Lipinski definition) is 0. The fourth-order valence-corrected chi connectivity index (χ4v) is 2.79. The van der Waals surface area contributed by atoms with Crippen LogP contribution < -0.4 is 9.47 Å². The van der Waals surface area contributed by atoms with Crippen LogP contribution in [0.5, 0.6) is 11.5 Å². The summed E-state index contributed by atoms with van der Waals surface area (Å²) in [4.78, 5) is 16.6. The molecule has 2 aromatic rings. The Bertz CT molecular complexity index is 873. The molecule has 0 saturated carbocycles. The highest BCUT2D eigenvalue weighted by Gasteiger charge is 2.26. The summed E-state index contributed by atoms with van der Waals surface area (Å²) in [6.45, 7) is 2.40. The summed E-state index contributed by atoms with van der Waals surface area (Å²) in [7, 11) is 1.57. The Hall–Kier alpha value is -2.60.